The highest BCUT2D eigenvalue weighted by Gasteiger charge is 2.21. The van der Waals surface area contributed by atoms with Gasteiger partial charge in [0.25, 0.3) is 0 Å². The van der Waals surface area contributed by atoms with Crippen LogP contribution in [-0.4, -0.2) is 30.4 Å². The van der Waals surface area contributed by atoms with Gasteiger partial charge in [0.15, 0.2) is 0 Å². The number of carbonyl (C=O) groups excluding carboxylic acids is 1. The van der Waals surface area contributed by atoms with E-state index in [4.69, 9.17) is 4.42 Å². The number of hydrogen-bond acceptors (Lipinski definition) is 3. The maximum Gasteiger partial charge on any atom is 0.219 e. The number of amides is 1. The molecule has 1 fully saturated rings. The van der Waals surface area contributed by atoms with Gasteiger partial charge in [-0.2, -0.15) is 0 Å². The Hall–Kier alpha value is -2.14. The molecule has 1 aromatic heterocycles. The molecule has 1 amide bonds. The van der Waals surface area contributed by atoms with Crippen LogP contribution in [0.4, 0.5) is 4.39 Å². The molecule has 1 aromatic carbocycles. The van der Waals surface area contributed by atoms with Crippen molar-refractivity contribution in [1.82, 2.24) is 10.2 Å². The lowest BCUT2D eigenvalue weighted by Crippen LogP contribution is -2.37. The van der Waals surface area contributed by atoms with Crippen molar-refractivity contribution in [3.05, 3.63) is 59.8 Å². The van der Waals surface area contributed by atoms with E-state index in [0.717, 1.165) is 50.2 Å². The number of benzene rings is 1. The number of furan rings is 1. The van der Waals surface area contributed by atoms with E-state index in [9.17, 15) is 9.18 Å². The molecule has 1 atom stereocenters. The number of rotatable bonds is 6. The summed E-state index contributed by atoms with van der Waals surface area (Å²) in [6.45, 7) is 4.21. The van der Waals surface area contributed by atoms with E-state index < -0.39 is 0 Å². The molecule has 0 bridgehead atoms. The third-order valence-electron chi connectivity index (χ3n) is 4.99. The van der Waals surface area contributed by atoms with Crippen LogP contribution >= 0.6 is 0 Å². The molecule has 25 heavy (non-hydrogen) atoms. The Morgan fingerprint density at radius 3 is 2.60 bits per heavy atom. The number of likely N-dealkylation sites (tertiary alicyclic amines) is 1. The van der Waals surface area contributed by atoms with Crippen LogP contribution in [0.1, 0.15) is 43.6 Å². The molecule has 4 nitrogen and oxygen atoms in total. The van der Waals surface area contributed by atoms with Crippen LogP contribution in [0.2, 0.25) is 0 Å². The fourth-order valence-electron chi connectivity index (χ4n) is 3.46. The summed E-state index contributed by atoms with van der Waals surface area (Å²) in [5, 5.41) is 3.54. The van der Waals surface area contributed by atoms with Crippen molar-refractivity contribution < 1.29 is 13.6 Å². The van der Waals surface area contributed by atoms with E-state index in [-0.39, 0.29) is 17.8 Å². The van der Waals surface area contributed by atoms with E-state index in [1.54, 1.807) is 25.3 Å². The first-order valence-corrected chi connectivity index (χ1v) is 8.91. The van der Waals surface area contributed by atoms with E-state index in [2.05, 4.69) is 5.32 Å². The number of nitrogens with one attached hydrogen (secondary N) is 1. The first-order chi connectivity index (χ1) is 12.1. The lowest BCUT2D eigenvalue weighted by atomic mass is 9.93. The topological polar surface area (TPSA) is 45.5 Å². The van der Waals surface area contributed by atoms with Gasteiger partial charge in [0, 0.05) is 20.0 Å². The molecule has 0 radical (unpaired) electrons. The summed E-state index contributed by atoms with van der Waals surface area (Å²) in [5.41, 5.74) is 0.989. The predicted molar refractivity (Wildman–Crippen MR) is 94.5 cm³/mol. The quantitative estimate of drug-likeness (QED) is 0.868. The Morgan fingerprint density at radius 2 is 2.00 bits per heavy atom. The largest absolute Gasteiger partial charge is 0.467 e. The highest BCUT2D eigenvalue weighted by molar-refractivity contribution is 5.73. The third kappa shape index (κ3) is 4.69. The van der Waals surface area contributed by atoms with Crippen LogP contribution in [0, 0.1) is 11.7 Å². The first kappa shape index (κ1) is 17.7. The van der Waals surface area contributed by atoms with Crippen LogP contribution in [0.3, 0.4) is 0 Å². The number of piperidine rings is 1. The van der Waals surface area contributed by atoms with Crippen molar-refractivity contribution in [3.8, 4) is 0 Å². The molecule has 0 aliphatic carbocycles. The SMILES string of the molecule is CC(=O)N1CCC(CCN[C@H](c2ccc(F)cc2)c2ccco2)CC1. The minimum absolute atomic E-state index is 0.0760. The summed E-state index contributed by atoms with van der Waals surface area (Å²) >= 11 is 0. The molecule has 0 saturated carbocycles. The standard InChI is InChI=1S/C20H25FN2O2/c1-15(24)23-12-9-16(10-13-23)8-11-22-20(19-3-2-14-25-19)17-4-6-18(21)7-5-17/h2-7,14,16,20,22H,8-13H2,1H3/t20-/m1/s1. The molecule has 2 aromatic rings. The van der Waals surface area contributed by atoms with Crippen molar-refractivity contribution >= 4 is 5.91 Å². The van der Waals surface area contributed by atoms with Crippen LogP contribution in [0.15, 0.2) is 47.1 Å². The van der Waals surface area contributed by atoms with Gasteiger partial charge >= 0.3 is 0 Å². The van der Waals surface area contributed by atoms with Crippen molar-refractivity contribution in [2.45, 2.75) is 32.2 Å². The Balaban J connectivity index is 1.55. The highest BCUT2D eigenvalue weighted by atomic mass is 19.1. The van der Waals surface area contributed by atoms with Gasteiger partial charge in [0.05, 0.1) is 12.3 Å². The number of nitrogens with zero attached hydrogens (tertiary/aromatic N) is 1. The second-order valence-electron chi connectivity index (χ2n) is 6.69. The summed E-state index contributed by atoms with van der Waals surface area (Å²) in [6, 6.07) is 10.3. The Labute approximate surface area is 148 Å². The molecule has 2 heterocycles. The fourth-order valence-corrected chi connectivity index (χ4v) is 3.46. The van der Waals surface area contributed by atoms with Crippen LogP contribution < -0.4 is 5.32 Å². The fraction of sp³-hybridized carbons (Fsp3) is 0.450. The van der Waals surface area contributed by atoms with Gasteiger partial charge in [-0.25, -0.2) is 4.39 Å². The van der Waals surface area contributed by atoms with Gasteiger partial charge in [-0.15, -0.1) is 0 Å². The predicted octanol–water partition coefficient (Wildman–Crippen LogP) is 3.75. The smallest absolute Gasteiger partial charge is 0.219 e. The molecule has 134 valence electrons. The van der Waals surface area contributed by atoms with Crippen molar-refractivity contribution in [1.29, 1.82) is 0 Å². The Bertz CT molecular complexity index is 662. The van der Waals surface area contributed by atoms with Crippen LogP contribution in [-0.2, 0) is 4.79 Å². The van der Waals surface area contributed by atoms with Crippen molar-refractivity contribution in [3.63, 3.8) is 0 Å². The average molecular weight is 344 g/mol. The minimum Gasteiger partial charge on any atom is -0.467 e. The molecule has 1 saturated heterocycles. The maximum atomic E-state index is 13.2. The molecule has 3 rings (SSSR count). The highest BCUT2D eigenvalue weighted by Crippen LogP contribution is 2.24. The van der Waals surface area contributed by atoms with E-state index >= 15 is 0 Å². The second kappa shape index (κ2) is 8.30. The summed E-state index contributed by atoms with van der Waals surface area (Å²) in [4.78, 5) is 13.3. The summed E-state index contributed by atoms with van der Waals surface area (Å²) in [7, 11) is 0. The van der Waals surface area contributed by atoms with Crippen LogP contribution in [0.25, 0.3) is 0 Å². The molecule has 1 aliphatic rings. The summed E-state index contributed by atoms with van der Waals surface area (Å²) < 4.78 is 18.8. The van der Waals surface area contributed by atoms with Gasteiger partial charge in [0.2, 0.25) is 5.91 Å². The first-order valence-electron chi connectivity index (χ1n) is 8.91. The Morgan fingerprint density at radius 1 is 1.28 bits per heavy atom. The van der Waals surface area contributed by atoms with Gasteiger partial charge in [-0.1, -0.05) is 12.1 Å². The van der Waals surface area contributed by atoms with Gasteiger partial charge in [0.1, 0.15) is 11.6 Å². The van der Waals surface area contributed by atoms with Crippen LogP contribution in [0.5, 0.6) is 0 Å². The normalized spacial score (nSPS) is 16.8. The molecule has 5 heteroatoms. The zero-order chi connectivity index (χ0) is 17.6. The molecular formula is C20H25FN2O2. The average Bonchev–Trinajstić information content (AvgIpc) is 3.14. The zero-order valence-electron chi connectivity index (χ0n) is 14.6. The van der Waals surface area contributed by atoms with Gasteiger partial charge in [-0.3, -0.25) is 4.79 Å². The van der Waals surface area contributed by atoms with Gasteiger partial charge in [-0.05, 0) is 61.6 Å². The molecular weight excluding hydrogens is 319 g/mol. The molecule has 1 aliphatic heterocycles. The number of hydrogen-bond donors (Lipinski definition) is 1. The lowest BCUT2D eigenvalue weighted by molar-refractivity contribution is -0.130. The minimum atomic E-state index is -0.237. The van der Waals surface area contributed by atoms with E-state index in [1.807, 2.05) is 17.0 Å². The Kier molecular flexibility index (Phi) is 5.87. The summed E-state index contributed by atoms with van der Waals surface area (Å²) in [6.07, 6.45) is 4.83. The molecule has 0 spiro atoms. The van der Waals surface area contributed by atoms with Crippen molar-refractivity contribution in [2.24, 2.45) is 5.92 Å². The van der Waals surface area contributed by atoms with E-state index in [0.29, 0.717) is 5.92 Å². The number of carbonyl (C=O) groups is 1. The molecule has 1 N–H and O–H groups in total. The zero-order valence-corrected chi connectivity index (χ0v) is 14.6. The van der Waals surface area contributed by atoms with Gasteiger partial charge < -0.3 is 14.6 Å². The van der Waals surface area contributed by atoms with E-state index in [1.165, 1.54) is 12.1 Å². The second-order valence-corrected chi connectivity index (χ2v) is 6.69. The third-order valence-corrected chi connectivity index (χ3v) is 4.99. The lowest BCUT2D eigenvalue weighted by Gasteiger charge is -2.31. The maximum absolute atomic E-state index is 13.2. The molecule has 0 unspecified atom stereocenters. The summed E-state index contributed by atoms with van der Waals surface area (Å²) in [5.74, 6) is 1.40. The number of halogens is 1. The monoisotopic (exact) mass is 344 g/mol. The van der Waals surface area contributed by atoms with Crippen molar-refractivity contribution in [2.75, 3.05) is 19.6 Å².